The lowest BCUT2D eigenvalue weighted by atomic mass is 9.51. The maximum absolute atomic E-state index is 5.21. The van der Waals surface area contributed by atoms with Gasteiger partial charge in [-0.1, -0.05) is 233 Å². The van der Waals surface area contributed by atoms with Gasteiger partial charge in [0.1, 0.15) is 0 Å². The van der Waals surface area contributed by atoms with Crippen molar-refractivity contribution in [2.24, 2.45) is 16.2 Å². The Labute approximate surface area is 340 Å². The van der Waals surface area contributed by atoms with Gasteiger partial charge in [0, 0.05) is 0 Å². The molecule has 0 atom stereocenters. The van der Waals surface area contributed by atoms with E-state index in [4.69, 9.17) is 37.9 Å². The average molecular weight is 769 g/mol. The van der Waals surface area contributed by atoms with E-state index in [1.54, 1.807) is 0 Å². The molecule has 0 aromatic carbocycles. The van der Waals surface area contributed by atoms with E-state index in [1.165, 1.54) is 250 Å². The first-order valence-electron chi connectivity index (χ1n) is 23.8. The Morgan fingerprint density at radius 1 is 0.255 bits per heavy atom. The van der Waals surface area contributed by atoms with Gasteiger partial charge in [-0.15, -0.1) is 0 Å². The first-order chi connectivity index (χ1) is 25.0. The van der Waals surface area contributed by atoms with E-state index >= 15 is 0 Å². The molecule has 0 N–H and O–H groups in total. The Bertz CT molecular complexity index is 618. The molecule has 0 radical (unpaired) electrons. The van der Waals surface area contributed by atoms with E-state index in [1.807, 2.05) is 0 Å². The van der Waals surface area contributed by atoms with Gasteiger partial charge in [0.05, 0.1) is 0 Å². The predicted octanol–water partition coefficient (Wildman–Crippen LogP) is 18.0. The molecule has 0 aromatic rings. The molecule has 1 aliphatic carbocycles. The SMILES string of the molecule is CCCCCCCCCCCCCC1(CS)CC(CS)(CCCCCCCCCCCCC)CC(CS)(CCCCCCCCCCCCC)C1. The van der Waals surface area contributed by atoms with Crippen molar-refractivity contribution >= 4 is 37.9 Å². The fraction of sp³-hybridized carbons (Fsp3) is 1.00. The fourth-order valence-electron chi connectivity index (χ4n) is 10.2. The predicted molar refractivity (Wildman–Crippen MR) is 246 cm³/mol. The summed E-state index contributed by atoms with van der Waals surface area (Å²) in [5.41, 5.74) is 1.13. The molecule has 0 amide bonds. The number of unbranched alkanes of at least 4 members (excludes halogenated alkanes) is 30. The van der Waals surface area contributed by atoms with E-state index in [2.05, 4.69) is 20.8 Å². The van der Waals surface area contributed by atoms with Crippen LogP contribution < -0.4 is 0 Å². The van der Waals surface area contributed by atoms with Crippen LogP contribution in [0.3, 0.4) is 0 Å². The van der Waals surface area contributed by atoms with Crippen molar-refractivity contribution in [2.75, 3.05) is 17.3 Å². The van der Waals surface area contributed by atoms with Crippen LogP contribution >= 0.6 is 37.9 Å². The standard InChI is InChI=1S/C48H96S3/c1-4-7-10-13-16-19-22-25-28-31-34-37-46(43-49)40-47(44-50,38-35-32-29-26-23-20-17-14-11-8-5-2)42-48(41-46,45-51)39-36-33-30-27-24-21-18-15-12-9-6-3/h49-51H,4-45H2,1-3H3. The molecule has 0 saturated heterocycles. The molecule has 0 aliphatic heterocycles. The number of hydrogen-bond donors (Lipinski definition) is 3. The summed E-state index contributed by atoms with van der Waals surface area (Å²) in [6.07, 6.45) is 55.5. The Morgan fingerprint density at radius 2 is 0.412 bits per heavy atom. The number of thiol groups is 3. The summed E-state index contributed by atoms with van der Waals surface area (Å²) in [5.74, 6) is 3.19. The van der Waals surface area contributed by atoms with Crippen molar-refractivity contribution < 1.29 is 0 Å². The van der Waals surface area contributed by atoms with Crippen molar-refractivity contribution in [3.05, 3.63) is 0 Å². The van der Waals surface area contributed by atoms with E-state index in [-0.39, 0.29) is 0 Å². The second-order valence-corrected chi connectivity index (χ2v) is 19.3. The van der Waals surface area contributed by atoms with Crippen LogP contribution in [0.4, 0.5) is 0 Å². The molecule has 1 aliphatic rings. The van der Waals surface area contributed by atoms with Crippen molar-refractivity contribution in [2.45, 2.75) is 271 Å². The summed E-state index contributed by atoms with van der Waals surface area (Å²) in [6.45, 7) is 6.96. The molecular formula is C48H96S3. The van der Waals surface area contributed by atoms with Crippen LogP contribution in [0.25, 0.3) is 0 Å². The summed E-state index contributed by atoms with van der Waals surface area (Å²) in [7, 11) is 0. The van der Waals surface area contributed by atoms with Gasteiger partial charge in [-0.3, -0.25) is 0 Å². The molecule has 1 rings (SSSR count). The highest BCUT2D eigenvalue weighted by molar-refractivity contribution is 7.80. The molecule has 0 spiro atoms. The van der Waals surface area contributed by atoms with Crippen LogP contribution in [0.15, 0.2) is 0 Å². The van der Waals surface area contributed by atoms with Gasteiger partial charge < -0.3 is 0 Å². The first-order valence-corrected chi connectivity index (χ1v) is 25.7. The van der Waals surface area contributed by atoms with E-state index in [9.17, 15) is 0 Å². The van der Waals surface area contributed by atoms with E-state index < -0.39 is 0 Å². The number of hydrogen-bond acceptors (Lipinski definition) is 3. The monoisotopic (exact) mass is 769 g/mol. The lowest BCUT2D eigenvalue weighted by Crippen LogP contribution is -2.49. The molecular weight excluding hydrogens is 673 g/mol. The van der Waals surface area contributed by atoms with Gasteiger partial charge in [-0.05, 0) is 72.0 Å². The van der Waals surface area contributed by atoms with Crippen molar-refractivity contribution in [3.8, 4) is 0 Å². The minimum absolute atomic E-state index is 0.377. The molecule has 0 unspecified atom stereocenters. The van der Waals surface area contributed by atoms with Gasteiger partial charge in [0.15, 0.2) is 0 Å². The van der Waals surface area contributed by atoms with Crippen LogP contribution in [-0.4, -0.2) is 17.3 Å². The smallest absolute Gasteiger partial charge is 0.00407 e. The lowest BCUT2D eigenvalue weighted by molar-refractivity contribution is -0.0198. The molecule has 306 valence electrons. The third-order valence-corrected chi connectivity index (χ3v) is 15.2. The quantitative estimate of drug-likeness (QED) is 0.0403. The summed E-state index contributed by atoms with van der Waals surface area (Å²) in [4.78, 5) is 0. The van der Waals surface area contributed by atoms with Crippen LogP contribution in [0.2, 0.25) is 0 Å². The zero-order valence-electron chi connectivity index (χ0n) is 35.5. The molecule has 51 heavy (non-hydrogen) atoms. The highest BCUT2D eigenvalue weighted by Crippen LogP contribution is 2.61. The minimum Gasteiger partial charge on any atom is -0.179 e. The van der Waals surface area contributed by atoms with Crippen LogP contribution in [0, 0.1) is 16.2 Å². The molecule has 0 bridgehead atoms. The molecule has 0 aromatic heterocycles. The molecule has 1 saturated carbocycles. The summed E-state index contributed by atoms with van der Waals surface area (Å²) >= 11 is 15.6. The zero-order chi connectivity index (χ0) is 37.2. The summed E-state index contributed by atoms with van der Waals surface area (Å²) < 4.78 is 0. The molecule has 0 heterocycles. The Morgan fingerprint density at radius 3 is 0.569 bits per heavy atom. The zero-order valence-corrected chi connectivity index (χ0v) is 38.2. The van der Waals surface area contributed by atoms with E-state index in [0.717, 1.165) is 17.3 Å². The van der Waals surface area contributed by atoms with Gasteiger partial charge in [0.25, 0.3) is 0 Å². The lowest BCUT2D eigenvalue weighted by Gasteiger charge is -2.56. The Balaban J connectivity index is 2.69. The summed E-state index contributed by atoms with van der Waals surface area (Å²) in [5, 5.41) is 0. The Hall–Kier alpha value is 1.05. The third kappa shape index (κ3) is 25.0. The fourth-order valence-corrected chi connectivity index (χ4v) is 11.3. The average Bonchev–Trinajstić information content (AvgIpc) is 3.15. The van der Waals surface area contributed by atoms with Crippen molar-refractivity contribution in [1.29, 1.82) is 0 Å². The molecule has 0 nitrogen and oxygen atoms in total. The second kappa shape index (κ2) is 34.3. The van der Waals surface area contributed by atoms with Gasteiger partial charge >= 0.3 is 0 Å². The minimum atomic E-state index is 0.377. The van der Waals surface area contributed by atoms with Crippen molar-refractivity contribution in [3.63, 3.8) is 0 Å². The largest absolute Gasteiger partial charge is 0.179 e. The topological polar surface area (TPSA) is 0 Å². The normalized spacial score (nSPS) is 22.2. The molecule has 3 heteroatoms. The first kappa shape index (κ1) is 50.1. The Kier molecular flexibility index (Phi) is 33.7. The van der Waals surface area contributed by atoms with Crippen LogP contribution in [0.5, 0.6) is 0 Å². The van der Waals surface area contributed by atoms with Gasteiger partial charge in [-0.25, -0.2) is 0 Å². The maximum atomic E-state index is 5.21. The maximum Gasteiger partial charge on any atom is -0.00407 e. The van der Waals surface area contributed by atoms with Crippen molar-refractivity contribution in [1.82, 2.24) is 0 Å². The van der Waals surface area contributed by atoms with Crippen LogP contribution in [0.1, 0.15) is 271 Å². The van der Waals surface area contributed by atoms with E-state index in [0.29, 0.717) is 16.2 Å². The number of rotatable bonds is 39. The highest BCUT2D eigenvalue weighted by atomic mass is 32.1. The summed E-state index contributed by atoms with van der Waals surface area (Å²) in [6, 6.07) is 0. The van der Waals surface area contributed by atoms with Gasteiger partial charge in [0.2, 0.25) is 0 Å². The second-order valence-electron chi connectivity index (χ2n) is 18.4. The van der Waals surface area contributed by atoms with Crippen LogP contribution in [-0.2, 0) is 0 Å². The highest BCUT2D eigenvalue weighted by Gasteiger charge is 2.52. The molecule has 1 fully saturated rings. The third-order valence-electron chi connectivity index (χ3n) is 13.2. The van der Waals surface area contributed by atoms with Gasteiger partial charge in [-0.2, -0.15) is 37.9 Å².